The molecular weight excluding hydrogens is 436 g/mol. The Kier molecular flexibility index (Phi) is 4.67. The van der Waals surface area contributed by atoms with Crippen LogP contribution in [0.25, 0.3) is 0 Å². The second kappa shape index (κ2) is 7.28. The van der Waals surface area contributed by atoms with Crippen LogP contribution < -0.4 is 14.5 Å². The highest BCUT2D eigenvalue weighted by Gasteiger charge is 2.56. The van der Waals surface area contributed by atoms with Crippen LogP contribution in [0.3, 0.4) is 0 Å². The molecule has 9 heteroatoms. The summed E-state index contributed by atoms with van der Waals surface area (Å²) in [6.45, 7) is 1.91. The number of ether oxygens (including phenoxy) is 1. The van der Waals surface area contributed by atoms with E-state index in [1.54, 1.807) is 18.2 Å². The van der Waals surface area contributed by atoms with Crippen molar-refractivity contribution in [1.82, 2.24) is 4.98 Å². The minimum atomic E-state index is -0.675. The number of aromatic amines is 1. The zero-order valence-corrected chi connectivity index (χ0v) is 18.3. The number of phenolic OH excluding ortho intramolecular Hbond substituents is 1. The van der Waals surface area contributed by atoms with Crippen molar-refractivity contribution in [3.05, 3.63) is 68.1 Å². The lowest BCUT2D eigenvalue weighted by molar-refractivity contribution is -0.122. The molecule has 2 aromatic carbocycles. The first-order chi connectivity index (χ1) is 14.9. The lowest BCUT2D eigenvalue weighted by atomic mass is 9.83. The van der Waals surface area contributed by atoms with E-state index in [0.717, 1.165) is 21.8 Å². The largest absolute Gasteiger partial charge is 0.504 e. The fourth-order valence-corrected chi connectivity index (χ4v) is 6.80. The van der Waals surface area contributed by atoms with Gasteiger partial charge in [-0.1, -0.05) is 41.3 Å². The minimum absolute atomic E-state index is 0.0225. The molecule has 2 N–H and O–H groups in total. The molecule has 7 nitrogen and oxygen atoms in total. The van der Waals surface area contributed by atoms with Crippen molar-refractivity contribution >= 4 is 40.6 Å². The molecule has 0 spiro atoms. The molecule has 2 amide bonds. The van der Waals surface area contributed by atoms with Crippen molar-refractivity contribution in [3.63, 3.8) is 0 Å². The van der Waals surface area contributed by atoms with Gasteiger partial charge in [-0.05, 0) is 42.3 Å². The van der Waals surface area contributed by atoms with Gasteiger partial charge in [0, 0.05) is 10.8 Å². The number of methoxy groups -OCH3 is 1. The number of rotatable bonds is 3. The molecule has 2 aliphatic heterocycles. The van der Waals surface area contributed by atoms with Gasteiger partial charge in [0.1, 0.15) is 5.25 Å². The second-order valence-electron chi connectivity index (χ2n) is 7.53. The number of hydrogen-bond acceptors (Lipinski definition) is 7. The molecular formula is C22H18N2O5S2. The van der Waals surface area contributed by atoms with E-state index in [4.69, 9.17) is 4.74 Å². The molecule has 2 aliphatic rings. The normalized spacial score (nSPS) is 22.4. The Morgan fingerprint density at radius 1 is 1.10 bits per heavy atom. The first kappa shape index (κ1) is 19.9. The van der Waals surface area contributed by atoms with Crippen LogP contribution in [0.4, 0.5) is 5.69 Å². The number of benzene rings is 2. The number of fused-ring (bicyclic) bond motifs is 2. The fourth-order valence-electron chi connectivity index (χ4n) is 4.29. The Morgan fingerprint density at radius 3 is 2.65 bits per heavy atom. The molecule has 0 aliphatic carbocycles. The number of hydrogen-bond donors (Lipinski definition) is 2. The van der Waals surface area contributed by atoms with Gasteiger partial charge in [-0.3, -0.25) is 14.4 Å². The summed E-state index contributed by atoms with van der Waals surface area (Å²) >= 11 is 2.28. The van der Waals surface area contributed by atoms with Crippen LogP contribution in [0.15, 0.2) is 52.3 Å². The number of thiazole rings is 1. The fraction of sp³-hybridized carbons (Fsp3) is 0.227. The summed E-state index contributed by atoms with van der Waals surface area (Å²) in [6.07, 6.45) is 0. The number of H-pyrrole nitrogens is 1. The molecule has 0 saturated carbocycles. The van der Waals surface area contributed by atoms with Gasteiger partial charge < -0.3 is 14.8 Å². The van der Waals surface area contributed by atoms with Gasteiger partial charge in [0.25, 0.3) is 0 Å². The lowest BCUT2D eigenvalue weighted by Crippen LogP contribution is -2.32. The Balaban J connectivity index is 1.67. The van der Waals surface area contributed by atoms with Gasteiger partial charge >= 0.3 is 4.87 Å². The summed E-state index contributed by atoms with van der Waals surface area (Å²) in [5.41, 5.74) is 2.20. The highest BCUT2D eigenvalue weighted by molar-refractivity contribution is 8.00. The smallest absolute Gasteiger partial charge is 0.305 e. The zero-order chi connectivity index (χ0) is 21.9. The summed E-state index contributed by atoms with van der Waals surface area (Å²) < 4.78 is 5.25. The Morgan fingerprint density at radius 2 is 1.90 bits per heavy atom. The monoisotopic (exact) mass is 454 g/mol. The lowest BCUT2D eigenvalue weighted by Gasteiger charge is -2.30. The number of phenols is 1. The third-order valence-electron chi connectivity index (χ3n) is 5.65. The summed E-state index contributed by atoms with van der Waals surface area (Å²) in [4.78, 5) is 43.7. The SMILES string of the molecule is COc1cc(C2c3sc(=O)[nH]c3SC3C(=O)N(c4cccc(C)c4)C(=O)C32)ccc1O. The third kappa shape index (κ3) is 3.07. The molecule has 3 aromatic rings. The van der Waals surface area contributed by atoms with E-state index in [-0.39, 0.29) is 28.2 Å². The number of anilines is 1. The minimum Gasteiger partial charge on any atom is -0.504 e. The standard InChI is InChI=1S/C22H18N2O5S2/c1-10-4-3-5-12(8-10)24-20(26)16-15(11-6-7-13(25)14(9-11)29-2)17-19(23-22(28)31-17)30-18(16)21(24)27/h3-9,15-16,18,25H,1-2H3,(H,23,28). The number of thioether (sulfide) groups is 1. The molecule has 5 rings (SSSR count). The average molecular weight is 455 g/mol. The maximum atomic E-state index is 13.6. The quantitative estimate of drug-likeness (QED) is 0.590. The third-order valence-corrected chi connectivity index (χ3v) is 8.05. The van der Waals surface area contributed by atoms with Crippen molar-refractivity contribution in [2.75, 3.05) is 12.0 Å². The van der Waals surface area contributed by atoms with Crippen LogP contribution in [0, 0.1) is 12.8 Å². The van der Waals surface area contributed by atoms with Gasteiger partial charge in [0.2, 0.25) is 11.8 Å². The molecule has 0 radical (unpaired) electrons. The number of carbonyl (C=O) groups excluding carboxylic acids is 2. The van der Waals surface area contributed by atoms with Gasteiger partial charge in [-0.15, -0.1) is 0 Å². The Hall–Kier alpha value is -3.04. The van der Waals surface area contributed by atoms with E-state index in [9.17, 15) is 19.5 Å². The number of imide groups is 1. The summed E-state index contributed by atoms with van der Waals surface area (Å²) in [7, 11) is 1.45. The van der Waals surface area contributed by atoms with Crippen molar-refractivity contribution < 1.29 is 19.4 Å². The predicted molar refractivity (Wildman–Crippen MR) is 118 cm³/mol. The van der Waals surface area contributed by atoms with E-state index in [1.807, 2.05) is 25.1 Å². The maximum Gasteiger partial charge on any atom is 0.305 e. The van der Waals surface area contributed by atoms with Gasteiger partial charge in [0.05, 0.1) is 23.7 Å². The van der Waals surface area contributed by atoms with Crippen molar-refractivity contribution in [2.24, 2.45) is 5.92 Å². The van der Waals surface area contributed by atoms with E-state index in [2.05, 4.69) is 4.98 Å². The number of nitrogens with zero attached hydrogens (tertiary/aromatic N) is 1. The van der Waals surface area contributed by atoms with E-state index in [1.165, 1.54) is 29.8 Å². The van der Waals surface area contributed by atoms with Crippen molar-refractivity contribution in [2.45, 2.75) is 23.1 Å². The number of carbonyl (C=O) groups is 2. The number of aromatic hydroxyl groups is 1. The number of aromatic nitrogens is 1. The van der Waals surface area contributed by atoms with Gasteiger partial charge in [-0.25, -0.2) is 4.90 Å². The Labute approximate surface area is 185 Å². The van der Waals surface area contributed by atoms with Crippen LogP contribution >= 0.6 is 23.1 Å². The summed E-state index contributed by atoms with van der Waals surface area (Å²) in [6, 6.07) is 12.2. The predicted octanol–water partition coefficient (Wildman–Crippen LogP) is 3.25. The van der Waals surface area contributed by atoms with Gasteiger partial charge in [-0.2, -0.15) is 0 Å². The topological polar surface area (TPSA) is 99.7 Å². The van der Waals surface area contributed by atoms with Crippen LogP contribution in [0.2, 0.25) is 0 Å². The number of aryl methyl sites for hydroxylation is 1. The highest BCUT2D eigenvalue weighted by atomic mass is 32.2. The molecule has 31 heavy (non-hydrogen) atoms. The number of nitrogens with one attached hydrogen (secondary N) is 1. The van der Waals surface area contributed by atoms with E-state index in [0.29, 0.717) is 16.3 Å². The summed E-state index contributed by atoms with van der Waals surface area (Å²) in [5.74, 6) is -1.53. The zero-order valence-electron chi connectivity index (χ0n) is 16.6. The maximum absolute atomic E-state index is 13.6. The second-order valence-corrected chi connectivity index (χ2v) is 9.70. The average Bonchev–Trinajstić information content (AvgIpc) is 3.23. The van der Waals surface area contributed by atoms with Crippen LogP contribution in [0.1, 0.15) is 21.9 Å². The van der Waals surface area contributed by atoms with E-state index < -0.39 is 17.1 Å². The molecule has 158 valence electrons. The van der Waals surface area contributed by atoms with E-state index >= 15 is 0 Å². The molecule has 3 atom stereocenters. The molecule has 1 aromatic heterocycles. The van der Waals surface area contributed by atoms with Crippen molar-refractivity contribution in [1.29, 1.82) is 0 Å². The molecule has 3 unspecified atom stereocenters. The molecule has 1 fully saturated rings. The molecule has 3 heterocycles. The first-order valence-corrected chi connectivity index (χ1v) is 11.3. The first-order valence-electron chi connectivity index (χ1n) is 9.60. The highest BCUT2D eigenvalue weighted by Crippen LogP contribution is 2.53. The van der Waals surface area contributed by atoms with Crippen LogP contribution in [-0.2, 0) is 9.59 Å². The van der Waals surface area contributed by atoms with Crippen LogP contribution in [0.5, 0.6) is 11.5 Å². The van der Waals surface area contributed by atoms with Gasteiger partial charge in [0.15, 0.2) is 11.5 Å². The summed E-state index contributed by atoms with van der Waals surface area (Å²) in [5, 5.41) is 9.97. The molecule has 1 saturated heterocycles. The number of amides is 2. The van der Waals surface area contributed by atoms with Crippen molar-refractivity contribution in [3.8, 4) is 11.5 Å². The molecule has 0 bridgehead atoms. The Bertz CT molecular complexity index is 1280. The van der Waals surface area contributed by atoms with Crippen LogP contribution in [-0.4, -0.2) is 34.3 Å².